The number of benzene rings is 2. The predicted octanol–water partition coefficient (Wildman–Crippen LogP) is 3.84. The molecule has 0 bridgehead atoms. The Morgan fingerprint density at radius 2 is 1.79 bits per heavy atom. The largest absolute Gasteiger partial charge is 0.484 e. The van der Waals surface area contributed by atoms with E-state index >= 15 is 0 Å². The van der Waals surface area contributed by atoms with Gasteiger partial charge in [0.15, 0.2) is 6.61 Å². The summed E-state index contributed by atoms with van der Waals surface area (Å²) in [6.45, 7) is 9.39. The Balaban J connectivity index is 2.16. The molecule has 1 N–H and O–H groups in total. The molecule has 0 fully saturated rings. The number of hydrogen-bond acceptors (Lipinski definition) is 3. The topological polar surface area (TPSA) is 58.6 Å². The van der Waals surface area contributed by atoms with Gasteiger partial charge in [-0.05, 0) is 64.4 Å². The first-order valence-electron chi connectivity index (χ1n) is 9.60. The van der Waals surface area contributed by atoms with Crippen molar-refractivity contribution in [3.8, 4) is 5.75 Å². The number of nitrogens with one attached hydrogen (secondary N) is 1. The van der Waals surface area contributed by atoms with Crippen molar-refractivity contribution >= 4 is 11.8 Å². The lowest BCUT2D eigenvalue weighted by Gasteiger charge is -2.31. The minimum atomic E-state index is -0.681. The van der Waals surface area contributed by atoms with Crippen molar-refractivity contribution in [2.75, 3.05) is 6.61 Å². The van der Waals surface area contributed by atoms with E-state index in [1.165, 1.54) is 29.2 Å². The van der Waals surface area contributed by atoms with E-state index in [9.17, 15) is 14.0 Å². The Kier molecular flexibility index (Phi) is 7.37. The summed E-state index contributed by atoms with van der Waals surface area (Å²) in [5, 5.41) is 2.92. The summed E-state index contributed by atoms with van der Waals surface area (Å²) < 4.78 is 18.5. The number of ether oxygens (including phenoxy) is 1. The van der Waals surface area contributed by atoms with Crippen LogP contribution in [-0.2, 0) is 16.1 Å². The van der Waals surface area contributed by atoms with E-state index in [1.807, 2.05) is 52.0 Å². The van der Waals surface area contributed by atoms with E-state index in [0.717, 1.165) is 11.1 Å². The summed E-state index contributed by atoms with van der Waals surface area (Å²) in [6, 6.07) is 12.6. The molecule has 0 aliphatic rings. The van der Waals surface area contributed by atoms with Crippen LogP contribution in [0.5, 0.6) is 5.75 Å². The molecule has 29 heavy (non-hydrogen) atoms. The van der Waals surface area contributed by atoms with Crippen LogP contribution in [0.4, 0.5) is 4.39 Å². The van der Waals surface area contributed by atoms with Crippen LogP contribution >= 0.6 is 0 Å². The minimum absolute atomic E-state index is 0.236. The average Bonchev–Trinajstić information content (AvgIpc) is 2.63. The lowest BCUT2D eigenvalue weighted by molar-refractivity contribution is -0.142. The molecule has 0 heterocycles. The number of carbonyl (C=O) groups excluding carboxylic acids is 2. The number of nitrogens with zero attached hydrogens (tertiary/aromatic N) is 1. The average molecular weight is 400 g/mol. The van der Waals surface area contributed by atoms with Gasteiger partial charge >= 0.3 is 0 Å². The summed E-state index contributed by atoms with van der Waals surface area (Å²) in [5.74, 6) is -0.549. The maximum atomic E-state index is 13.0. The number of halogens is 1. The number of amides is 2. The molecule has 2 rings (SSSR count). The molecule has 2 amide bonds. The van der Waals surface area contributed by atoms with E-state index in [-0.39, 0.29) is 30.8 Å². The molecule has 2 aromatic carbocycles. The highest BCUT2D eigenvalue weighted by molar-refractivity contribution is 5.88. The lowest BCUT2D eigenvalue weighted by Crippen LogP contribution is -2.53. The van der Waals surface area contributed by atoms with Crippen molar-refractivity contribution in [3.05, 3.63) is 65.5 Å². The van der Waals surface area contributed by atoms with Gasteiger partial charge in [0.05, 0.1) is 0 Å². The van der Waals surface area contributed by atoms with Gasteiger partial charge in [0.1, 0.15) is 17.6 Å². The molecule has 1 atom stereocenters. The van der Waals surface area contributed by atoms with Crippen LogP contribution in [0.15, 0.2) is 48.5 Å². The van der Waals surface area contributed by atoms with Crippen molar-refractivity contribution in [1.29, 1.82) is 0 Å². The third-order valence-electron chi connectivity index (χ3n) is 4.28. The molecule has 0 unspecified atom stereocenters. The summed E-state index contributed by atoms with van der Waals surface area (Å²) in [5.41, 5.74) is 1.59. The van der Waals surface area contributed by atoms with E-state index in [0.29, 0.717) is 5.75 Å². The molecule has 0 radical (unpaired) electrons. The quantitative estimate of drug-likeness (QED) is 0.768. The van der Waals surface area contributed by atoms with Crippen LogP contribution in [0.1, 0.15) is 38.8 Å². The molecule has 5 nitrogen and oxygen atoms in total. The van der Waals surface area contributed by atoms with Crippen molar-refractivity contribution in [2.24, 2.45) is 0 Å². The van der Waals surface area contributed by atoms with Gasteiger partial charge in [0, 0.05) is 12.1 Å². The second kappa shape index (κ2) is 9.54. The first-order valence-corrected chi connectivity index (χ1v) is 9.60. The molecule has 156 valence electrons. The lowest BCUT2D eigenvalue weighted by atomic mass is 10.1. The van der Waals surface area contributed by atoms with Gasteiger partial charge < -0.3 is 15.0 Å². The fourth-order valence-corrected chi connectivity index (χ4v) is 2.82. The fraction of sp³-hybridized carbons (Fsp3) is 0.391. The van der Waals surface area contributed by atoms with E-state index in [1.54, 1.807) is 6.92 Å². The molecule has 0 aliphatic heterocycles. The molecule has 0 aromatic heterocycles. The van der Waals surface area contributed by atoms with Crippen LogP contribution < -0.4 is 10.1 Å². The maximum absolute atomic E-state index is 13.0. The van der Waals surface area contributed by atoms with Crippen LogP contribution in [-0.4, -0.2) is 34.9 Å². The normalized spacial score (nSPS) is 12.2. The first kappa shape index (κ1) is 22.4. The number of carbonyl (C=O) groups is 2. The van der Waals surface area contributed by atoms with Crippen molar-refractivity contribution in [1.82, 2.24) is 10.2 Å². The standard InChI is InChI=1S/C23H29FN2O3/c1-16-7-6-8-18(13-16)14-26(17(2)22(28)25-23(3,4)5)21(27)15-29-20-11-9-19(24)10-12-20/h6-13,17H,14-15H2,1-5H3,(H,25,28)/t17-/m0/s1. The minimum Gasteiger partial charge on any atom is -0.484 e. The summed E-state index contributed by atoms with van der Waals surface area (Å²) in [6.07, 6.45) is 0. The zero-order chi connectivity index (χ0) is 21.6. The fourth-order valence-electron chi connectivity index (χ4n) is 2.82. The van der Waals surface area contributed by atoms with Gasteiger partial charge in [-0.15, -0.1) is 0 Å². The number of aryl methyl sites for hydroxylation is 1. The SMILES string of the molecule is Cc1cccc(CN(C(=O)COc2ccc(F)cc2)[C@@H](C)C(=O)NC(C)(C)C)c1. The number of hydrogen-bond donors (Lipinski definition) is 1. The number of rotatable bonds is 7. The van der Waals surface area contributed by atoms with Gasteiger partial charge in [0.2, 0.25) is 5.91 Å². The van der Waals surface area contributed by atoms with Crippen LogP contribution in [0.2, 0.25) is 0 Å². The van der Waals surface area contributed by atoms with Crippen LogP contribution in [0.3, 0.4) is 0 Å². The molecule has 0 aliphatic carbocycles. The second-order valence-electron chi connectivity index (χ2n) is 8.17. The zero-order valence-electron chi connectivity index (χ0n) is 17.7. The van der Waals surface area contributed by atoms with Gasteiger partial charge in [-0.3, -0.25) is 9.59 Å². The van der Waals surface area contributed by atoms with Crippen molar-refractivity contribution in [2.45, 2.75) is 52.7 Å². The van der Waals surface area contributed by atoms with E-state index in [2.05, 4.69) is 5.32 Å². The predicted molar refractivity (Wildman–Crippen MR) is 111 cm³/mol. The Morgan fingerprint density at radius 3 is 2.38 bits per heavy atom. The van der Waals surface area contributed by atoms with Gasteiger partial charge in [-0.2, -0.15) is 0 Å². The molecule has 0 saturated carbocycles. The Hall–Kier alpha value is -2.89. The van der Waals surface area contributed by atoms with Gasteiger partial charge in [0.25, 0.3) is 5.91 Å². The van der Waals surface area contributed by atoms with E-state index in [4.69, 9.17) is 4.74 Å². The van der Waals surface area contributed by atoms with Gasteiger partial charge in [-0.25, -0.2) is 4.39 Å². The van der Waals surface area contributed by atoms with Crippen molar-refractivity contribution in [3.63, 3.8) is 0 Å². The van der Waals surface area contributed by atoms with Gasteiger partial charge in [-0.1, -0.05) is 29.8 Å². The molecular formula is C23H29FN2O3. The van der Waals surface area contributed by atoms with Crippen LogP contribution in [0, 0.1) is 12.7 Å². The summed E-state index contributed by atoms with van der Waals surface area (Å²) in [7, 11) is 0. The molecule has 2 aromatic rings. The second-order valence-corrected chi connectivity index (χ2v) is 8.17. The van der Waals surface area contributed by atoms with Crippen LogP contribution in [0.25, 0.3) is 0 Å². The molecule has 0 spiro atoms. The molecule has 0 saturated heterocycles. The highest BCUT2D eigenvalue weighted by atomic mass is 19.1. The molecule has 6 heteroatoms. The smallest absolute Gasteiger partial charge is 0.261 e. The third kappa shape index (κ3) is 7.22. The zero-order valence-corrected chi connectivity index (χ0v) is 17.7. The van der Waals surface area contributed by atoms with Crippen molar-refractivity contribution < 1.29 is 18.7 Å². The highest BCUT2D eigenvalue weighted by Gasteiger charge is 2.28. The molecular weight excluding hydrogens is 371 g/mol. The van der Waals surface area contributed by atoms with E-state index < -0.39 is 11.6 Å². The highest BCUT2D eigenvalue weighted by Crippen LogP contribution is 2.15. The Morgan fingerprint density at radius 1 is 1.14 bits per heavy atom. The Labute approximate surface area is 171 Å². The monoisotopic (exact) mass is 400 g/mol. The first-order chi connectivity index (χ1) is 13.5. The third-order valence-corrected chi connectivity index (χ3v) is 4.28. The maximum Gasteiger partial charge on any atom is 0.261 e. The summed E-state index contributed by atoms with van der Waals surface area (Å²) in [4.78, 5) is 27.1. The summed E-state index contributed by atoms with van der Waals surface area (Å²) >= 11 is 0. The Bertz CT molecular complexity index is 844.